The zero-order valence-corrected chi connectivity index (χ0v) is 19.7. The molecule has 0 bridgehead atoms. The van der Waals surface area contributed by atoms with Crippen LogP contribution in [-0.4, -0.2) is 72.4 Å². The molecule has 9 heteroatoms. The molecule has 2 aliphatic rings. The number of nitrogens with zero attached hydrogens (tertiary/aromatic N) is 4. The lowest BCUT2D eigenvalue weighted by molar-refractivity contribution is 0.195. The Hall–Kier alpha value is -2.68. The van der Waals surface area contributed by atoms with Crippen molar-refractivity contribution in [3.05, 3.63) is 35.5 Å². The molecular weight excluding hydrogens is 440 g/mol. The molecule has 8 nitrogen and oxygen atoms in total. The molecule has 5 rings (SSSR count). The Kier molecular flexibility index (Phi) is 6.48. The summed E-state index contributed by atoms with van der Waals surface area (Å²) >= 11 is 6.62. The van der Waals surface area contributed by atoms with Crippen molar-refractivity contribution in [2.75, 3.05) is 51.1 Å². The van der Waals surface area contributed by atoms with Gasteiger partial charge in [0.05, 0.1) is 30.5 Å². The van der Waals surface area contributed by atoms with E-state index < -0.39 is 0 Å². The number of hydrogen-bond acceptors (Lipinski definition) is 8. The van der Waals surface area contributed by atoms with Crippen molar-refractivity contribution in [3.8, 4) is 17.0 Å². The summed E-state index contributed by atoms with van der Waals surface area (Å²) in [6.07, 6.45) is 5.18. The number of anilines is 2. The average Bonchev–Trinajstić information content (AvgIpc) is 3.49. The highest BCUT2D eigenvalue weighted by Crippen LogP contribution is 2.36. The minimum atomic E-state index is 0.230. The van der Waals surface area contributed by atoms with Gasteiger partial charge in [0, 0.05) is 36.3 Å². The zero-order chi connectivity index (χ0) is 22.8. The third-order valence-electron chi connectivity index (χ3n) is 6.46. The van der Waals surface area contributed by atoms with Gasteiger partial charge in [-0.05, 0) is 45.0 Å². The average molecular weight is 469 g/mol. The van der Waals surface area contributed by atoms with E-state index in [1.54, 1.807) is 7.11 Å². The van der Waals surface area contributed by atoms with E-state index >= 15 is 0 Å². The number of halogens is 1. The first-order valence-electron chi connectivity index (χ1n) is 11.4. The Morgan fingerprint density at radius 2 is 2.18 bits per heavy atom. The summed E-state index contributed by atoms with van der Waals surface area (Å²) in [5.74, 6) is 1.94. The third kappa shape index (κ3) is 4.69. The van der Waals surface area contributed by atoms with Crippen LogP contribution in [0.25, 0.3) is 22.2 Å². The number of likely N-dealkylation sites (N-methyl/N-ethyl adjacent to an activating group) is 1. The van der Waals surface area contributed by atoms with E-state index in [1.807, 2.05) is 30.5 Å². The molecule has 1 aromatic carbocycles. The second-order valence-corrected chi connectivity index (χ2v) is 9.05. The van der Waals surface area contributed by atoms with E-state index in [9.17, 15) is 0 Å². The maximum absolute atomic E-state index is 6.62. The van der Waals surface area contributed by atoms with Crippen LogP contribution in [0, 0.1) is 0 Å². The highest BCUT2D eigenvalue weighted by atomic mass is 35.5. The predicted octanol–water partition coefficient (Wildman–Crippen LogP) is 4.06. The number of aromatic nitrogens is 3. The van der Waals surface area contributed by atoms with Crippen molar-refractivity contribution < 1.29 is 9.47 Å². The molecule has 0 aliphatic carbocycles. The van der Waals surface area contributed by atoms with Crippen LogP contribution in [0.3, 0.4) is 0 Å². The van der Waals surface area contributed by atoms with E-state index in [0.717, 1.165) is 54.1 Å². The van der Waals surface area contributed by atoms with Gasteiger partial charge in [0.15, 0.2) is 5.82 Å². The van der Waals surface area contributed by atoms with E-state index in [1.165, 1.54) is 12.8 Å². The van der Waals surface area contributed by atoms with Gasteiger partial charge in [0.2, 0.25) is 5.95 Å². The minimum Gasteiger partial charge on any atom is -0.495 e. The number of fused-ring (bicyclic) bond motifs is 1. The maximum Gasteiger partial charge on any atom is 0.223 e. The molecule has 2 atom stereocenters. The topological polar surface area (TPSA) is 84.4 Å². The first-order valence-corrected chi connectivity index (χ1v) is 11.8. The highest BCUT2D eigenvalue weighted by molar-refractivity contribution is 6.34. The minimum absolute atomic E-state index is 0.230. The highest BCUT2D eigenvalue weighted by Gasteiger charge is 2.22. The molecule has 174 valence electrons. The standard InChI is InChI=1S/C24H29ClN6O2/c1-31-9-4-5-17(31)13-26-23-22-15(12-27-24(30-22)28-16-8-10-33-14-16)11-19(29-23)18-6-3-7-20(32-2)21(18)25/h3,6-7,11-12,16-17H,4-5,8-10,13-14H2,1-2H3,(H,26,29)(H,27,28,30). The number of benzene rings is 1. The van der Waals surface area contributed by atoms with Gasteiger partial charge in [-0.1, -0.05) is 23.7 Å². The third-order valence-corrected chi connectivity index (χ3v) is 6.85. The fraction of sp³-hybridized carbons (Fsp3) is 0.458. The number of ether oxygens (including phenoxy) is 2. The molecule has 0 radical (unpaired) electrons. The molecular formula is C24H29ClN6O2. The van der Waals surface area contributed by atoms with Crippen molar-refractivity contribution in [1.82, 2.24) is 19.9 Å². The summed E-state index contributed by atoms with van der Waals surface area (Å²) < 4.78 is 10.9. The van der Waals surface area contributed by atoms with Crippen molar-refractivity contribution in [1.29, 1.82) is 0 Å². The second-order valence-electron chi connectivity index (χ2n) is 8.67. The first-order chi connectivity index (χ1) is 16.1. The van der Waals surface area contributed by atoms with Crippen molar-refractivity contribution >= 4 is 34.3 Å². The van der Waals surface area contributed by atoms with E-state index in [4.69, 9.17) is 31.0 Å². The number of nitrogens with one attached hydrogen (secondary N) is 2. The van der Waals surface area contributed by atoms with Crippen molar-refractivity contribution in [2.45, 2.75) is 31.3 Å². The van der Waals surface area contributed by atoms with Crippen LogP contribution in [0.4, 0.5) is 11.8 Å². The monoisotopic (exact) mass is 468 g/mol. The second kappa shape index (κ2) is 9.67. The van der Waals surface area contributed by atoms with Gasteiger partial charge in [-0.15, -0.1) is 0 Å². The number of methoxy groups -OCH3 is 1. The molecule has 2 aromatic heterocycles. The summed E-state index contributed by atoms with van der Waals surface area (Å²) in [7, 11) is 3.78. The van der Waals surface area contributed by atoms with Crippen LogP contribution < -0.4 is 15.4 Å². The fourth-order valence-corrected chi connectivity index (χ4v) is 4.82. The Balaban J connectivity index is 1.53. The molecule has 33 heavy (non-hydrogen) atoms. The smallest absolute Gasteiger partial charge is 0.223 e. The lowest BCUT2D eigenvalue weighted by atomic mass is 10.1. The van der Waals surface area contributed by atoms with Gasteiger partial charge < -0.3 is 25.0 Å². The molecule has 2 N–H and O–H groups in total. The van der Waals surface area contributed by atoms with Crippen LogP contribution in [-0.2, 0) is 4.74 Å². The van der Waals surface area contributed by atoms with Crippen LogP contribution in [0.1, 0.15) is 19.3 Å². The summed E-state index contributed by atoms with van der Waals surface area (Å²) in [6.45, 7) is 3.36. The van der Waals surface area contributed by atoms with Gasteiger partial charge in [0.1, 0.15) is 11.3 Å². The zero-order valence-electron chi connectivity index (χ0n) is 19.0. The molecule has 2 aliphatic heterocycles. The number of likely N-dealkylation sites (tertiary alicyclic amines) is 1. The Bertz CT molecular complexity index is 1140. The van der Waals surface area contributed by atoms with Crippen LogP contribution in [0.2, 0.25) is 5.02 Å². The van der Waals surface area contributed by atoms with Gasteiger partial charge in [-0.3, -0.25) is 0 Å². The Morgan fingerprint density at radius 3 is 2.94 bits per heavy atom. The van der Waals surface area contributed by atoms with Gasteiger partial charge in [0.25, 0.3) is 0 Å². The Morgan fingerprint density at radius 1 is 1.27 bits per heavy atom. The molecule has 2 fully saturated rings. The summed E-state index contributed by atoms with van der Waals surface area (Å²) in [5.41, 5.74) is 2.35. The molecule has 0 amide bonds. The van der Waals surface area contributed by atoms with E-state index in [-0.39, 0.29) is 6.04 Å². The van der Waals surface area contributed by atoms with Gasteiger partial charge >= 0.3 is 0 Å². The van der Waals surface area contributed by atoms with Crippen LogP contribution in [0.15, 0.2) is 30.5 Å². The van der Waals surface area contributed by atoms with Crippen molar-refractivity contribution in [2.24, 2.45) is 0 Å². The molecule has 0 saturated carbocycles. The fourth-order valence-electron chi connectivity index (χ4n) is 4.52. The van der Waals surface area contributed by atoms with Gasteiger partial charge in [-0.25, -0.2) is 15.0 Å². The summed E-state index contributed by atoms with van der Waals surface area (Å²) in [5, 5.41) is 8.39. The predicted molar refractivity (Wildman–Crippen MR) is 131 cm³/mol. The number of hydrogen-bond donors (Lipinski definition) is 2. The Labute approximate surface area is 198 Å². The van der Waals surface area contributed by atoms with Crippen LogP contribution >= 0.6 is 11.6 Å². The largest absolute Gasteiger partial charge is 0.495 e. The summed E-state index contributed by atoms with van der Waals surface area (Å²) in [4.78, 5) is 16.7. The molecule has 2 saturated heterocycles. The van der Waals surface area contributed by atoms with Crippen LogP contribution in [0.5, 0.6) is 5.75 Å². The van der Waals surface area contributed by atoms with Gasteiger partial charge in [-0.2, -0.15) is 0 Å². The van der Waals surface area contributed by atoms with Crippen molar-refractivity contribution in [3.63, 3.8) is 0 Å². The molecule has 2 unspecified atom stereocenters. The molecule has 3 aromatic rings. The normalized spacial score (nSPS) is 20.9. The number of pyridine rings is 1. The maximum atomic E-state index is 6.62. The van der Waals surface area contributed by atoms with E-state index in [2.05, 4.69) is 27.6 Å². The lowest BCUT2D eigenvalue weighted by Crippen LogP contribution is -2.31. The lowest BCUT2D eigenvalue weighted by Gasteiger charge is -2.21. The molecule has 0 spiro atoms. The summed E-state index contributed by atoms with van der Waals surface area (Å²) in [6, 6.07) is 8.39. The molecule has 4 heterocycles. The number of rotatable bonds is 7. The van der Waals surface area contributed by atoms with E-state index in [0.29, 0.717) is 29.4 Å². The quantitative estimate of drug-likeness (QED) is 0.537. The first kappa shape index (κ1) is 22.1. The SMILES string of the molecule is COc1cccc(-c2cc3cnc(NC4CCOC4)nc3c(NCC3CCCN3C)n2)c1Cl.